The maximum absolute atomic E-state index is 13.5. The summed E-state index contributed by atoms with van der Waals surface area (Å²) in [5.74, 6) is 0.352. The lowest BCUT2D eigenvalue weighted by atomic mass is 10.3. The van der Waals surface area contributed by atoms with Crippen molar-refractivity contribution in [2.45, 2.75) is 11.4 Å². The van der Waals surface area contributed by atoms with Crippen LogP contribution in [0.1, 0.15) is 0 Å². The van der Waals surface area contributed by atoms with Crippen molar-refractivity contribution in [3.8, 4) is 0 Å². The number of rotatable bonds is 4. The van der Waals surface area contributed by atoms with Gasteiger partial charge in [0, 0.05) is 16.8 Å². The van der Waals surface area contributed by atoms with Crippen LogP contribution in [-0.4, -0.2) is 19.9 Å². The van der Waals surface area contributed by atoms with Crippen molar-refractivity contribution in [1.82, 2.24) is 14.2 Å². The van der Waals surface area contributed by atoms with E-state index in [0.717, 1.165) is 0 Å². The molecule has 0 aliphatic heterocycles. The molecule has 0 saturated carbocycles. The van der Waals surface area contributed by atoms with Gasteiger partial charge in [0.2, 0.25) is 0 Å². The number of fused-ring (bicyclic) bond motifs is 1. The van der Waals surface area contributed by atoms with Gasteiger partial charge in [-0.25, -0.2) is 13.9 Å². The van der Waals surface area contributed by atoms with E-state index in [-0.39, 0.29) is 11.5 Å². The molecule has 102 valence electrons. The molecular weight excluding hydrogens is 277 g/mol. The number of thioether (sulfide) groups is 1. The molecule has 0 radical (unpaired) electrons. The first-order chi connectivity index (χ1) is 9.75. The molecule has 0 saturated heterocycles. The fraction of sp³-hybridized carbons (Fsp3) is 0.143. The third kappa shape index (κ3) is 2.46. The molecule has 2 aromatic heterocycles. The molecule has 0 amide bonds. The molecule has 1 aromatic carbocycles. The summed E-state index contributed by atoms with van der Waals surface area (Å²) in [5.41, 5.74) is 0.447. The van der Waals surface area contributed by atoms with Gasteiger partial charge in [-0.1, -0.05) is 18.2 Å². The second-order valence-electron chi connectivity index (χ2n) is 4.21. The summed E-state index contributed by atoms with van der Waals surface area (Å²) in [5, 5.41) is 4.23. The molecular formula is C14H12FN3OS. The first-order valence-electron chi connectivity index (χ1n) is 6.17. The smallest absolute Gasteiger partial charge is 0.250 e. The van der Waals surface area contributed by atoms with Crippen LogP contribution < -0.4 is 5.69 Å². The fourth-order valence-corrected chi connectivity index (χ4v) is 2.78. The zero-order chi connectivity index (χ0) is 13.9. The van der Waals surface area contributed by atoms with Gasteiger partial charge in [0.15, 0.2) is 5.65 Å². The van der Waals surface area contributed by atoms with Crippen LogP contribution >= 0.6 is 11.8 Å². The van der Waals surface area contributed by atoms with E-state index in [0.29, 0.717) is 22.8 Å². The Bertz CT molecular complexity index is 796. The van der Waals surface area contributed by atoms with Crippen molar-refractivity contribution in [1.29, 1.82) is 0 Å². The van der Waals surface area contributed by atoms with E-state index >= 15 is 0 Å². The van der Waals surface area contributed by atoms with Crippen molar-refractivity contribution < 1.29 is 4.39 Å². The minimum Gasteiger partial charge on any atom is -0.250 e. The van der Waals surface area contributed by atoms with E-state index < -0.39 is 0 Å². The molecule has 6 heteroatoms. The van der Waals surface area contributed by atoms with Crippen molar-refractivity contribution in [3.63, 3.8) is 0 Å². The maximum atomic E-state index is 13.5. The van der Waals surface area contributed by atoms with E-state index in [1.165, 1.54) is 26.9 Å². The summed E-state index contributed by atoms with van der Waals surface area (Å²) in [6.45, 7) is 0.444. The molecule has 4 nitrogen and oxygen atoms in total. The topological polar surface area (TPSA) is 39.3 Å². The van der Waals surface area contributed by atoms with Gasteiger partial charge in [-0.2, -0.15) is 0 Å². The lowest BCUT2D eigenvalue weighted by Crippen LogP contribution is -2.21. The maximum Gasteiger partial charge on any atom is 0.350 e. The van der Waals surface area contributed by atoms with E-state index in [2.05, 4.69) is 5.10 Å². The van der Waals surface area contributed by atoms with Gasteiger partial charge >= 0.3 is 5.69 Å². The van der Waals surface area contributed by atoms with Crippen molar-refractivity contribution in [3.05, 3.63) is 65.0 Å². The number of halogens is 1. The molecule has 0 spiro atoms. The van der Waals surface area contributed by atoms with Crippen LogP contribution in [0.25, 0.3) is 5.65 Å². The average Bonchev–Trinajstić information content (AvgIpc) is 2.78. The molecule has 3 rings (SSSR count). The standard InChI is InChI=1S/C14H12FN3OS/c15-11-5-1-2-6-12(11)20-10-9-18-14(19)17-8-4-3-7-13(17)16-18/h1-8H,9-10H2. The van der Waals surface area contributed by atoms with Gasteiger partial charge in [0.1, 0.15) is 5.82 Å². The number of pyridine rings is 1. The van der Waals surface area contributed by atoms with E-state index in [9.17, 15) is 9.18 Å². The van der Waals surface area contributed by atoms with Gasteiger partial charge in [-0.05, 0) is 24.3 Å². The van der Waals surface area contributed by atoms with Gasteiger partial charge in [0.25, 0.3) is 0 Å². The number of benzene rings is 1. The second-order valence-corrected chi connectivity index (χ2v) is 5.35. The highest BCUT2D eigenvalue weighted by Crippen LogP contribution is 2.20. The number of nitrogens with zero attached hydrogens (tertiary/aromatic N) is 3. The Morgan fingerprint density at radius 2 is 1.95 bits per heavy atom. The van der Waals surface area contributed by atoms with Crippen LogP contribution in [0.15, 0.2) is 58.4 Å². The highest BCUT2D eigenvalue weighted by Gasteiger charge is 2.06. The summed E-state index contributed by atoms with van der Waals surface area (Å²) < 4.78 is 16.4. The van der Waals surface area contributed by atoms with Crippen LogP contribution in [-0.2, 0) is 6.54 Å². The number of hydrogen-bond donors (Lipinski definition) is 0. The number of aryl methyl sites for hydroxylation is 1. The normalized spacial score (nSPS) is 11.1. The monoisotopic (exact) mass is 289 g/mol. The Hall–Kier alpha value is -2.08. The molecule has 0 aliphatic carbocycles. The second kappa shape index (κ2) is 5.50. The SMILES string of the molecule is O=c1n(CCSc2ccccc2F)nc2ccccn12. The molecule has 0 unspecified atom stereocenters. The minimum absolute atomic E-state index is 0.172. The van der Waals surface area contributed by atoms with Crippen LogP contribution in [0.5, 0.6) is 0 Å². The van der Waals surface area contributed by atoms with Crippen LogP contribution in [0.3, 0.4) is 0 Å². The quantitative estimate of drug-likeness (QED) is 0.692. The Morgan fingerprint density at radius 1 is 1.15 bits per heavy atom. The highest BCUT2D eigenvalue weighted by atomic mass is 32.2. The predicted molar refractivity (Wildman–Crippen MR) is 76.6 cm³/mol. The van der Waals surface area contributed by atoms with Gasteiger partial charge in [0.05, 0.1) is 6.54 Å². The summed E-state index contributed by atoms with van der Waals surface area (Å²) in [6, 6.07) is 12.0. The zero-order valence-electron chi connectivity index (χ0n) is 10.6. The van der Waals surface area contributed by atoms with Crippen LogP contribution in [0, 0.1) is 5.82 Å². The van der Waals surface area contributed by atoms with Gasteiger partial charge < -0.3 is 0 Å². The highest BCUT2D eigenvalue weighted by molar-refractivity contribution is 7.99. The van der Waals surface area contributed by atoms with Crippen molar-refractivity contribution in [2.24, 2.45) is 0 Å². The summed E-state index contributed by atoms with van der Waals surface area (Å²) in [6.07, 6.45) is 1.69. The van der Waals surface area contributed by atoms with Crippen molar-refractivity contribution >= 4 is 17.4 Å². The zero-order valence-corrected chi connectivity index (χ0v) is 11.4. The first kappa shape index (κ1) is 12.9. The number of aromatic nitrogens is 3. The Balaban J connectivity index is 1.73. The van der Waals surface area contributed by atoms with Gasteiger partial charge in [-0.15, -0.1) is 16.9 Å². The lowest BCUT2D eigenvalue weighted by molar-refractivity contribution is 0.600. The van der Waals surface area contributed by atoms with E-state index in [1.54, 1.807) is 36.5 Å². The molecule has 0 aliphatic rings. The first-order valence-corrected chi connectivity index (χ1v) is 7.16. The third-order valence-corrected chi connectivity index (χ3v) is 3.91. The molecule has 3 aromatic rings. The summed E-state index contributed by atoms with van der Waals surface area (Å²) in [4.78, 5) is 12.6. The van der Waals surface area contributed by atoms with Crippen LogP contribution in [0.2, 0.25) is 0 Å². The van der Waals surface area contributed by atoms with E-state index in [1.807, 2.05) is 6.07 Å². The Morgan fingerprint density at radius 3 is 2.75 bits per heavy atom. The summed E-state index contributed by atoms with van der Waals surface area (Å²) >= 11 is 1.38. The average molecular weight is 289 g/mol. The van der Waals surface area contributed by atoms with E-state index in [4.69, 9.17) is 0 Å². The molecule has 0 fully saturated rings. The molecule has 2 heterocycles. The summed E-state index contributed by atoms with van der Waals surface area (Å²) in [7, 11) is 0. The lowest BCUT2D eigenvalue weighted by Gasteiger charge is -2.02. The number of hydrogen-bond acceptors (Lipinski definition) is 3. The molecule has 0 N–H and O–H groups in total. The van der Waals surface area contributed by atoms with Crippen molar-refractivity contribution in [2.75, 3.05) is 5.75 Å². The largest absolute Gasteiger partial charge is 0.350 e. The molecule has 0 bridgehead atoms. The minimum atomic E-state index is -0.236. The fourth-order valence-electron chi connectivity index (χ4n) is 1.92. The van der Waals surface area contributed by atoms with Crippen LogP contribution in [0.4, 0.5) is 4.39 Å². The molecule has 0 atom stereocenters. The third-order valence-electron chi connectivity index (χ3n) is 2.89. The Labute approximate surface area is 118 Å². The molecule has 20 heavy (non-hydrogen) atoms. The predicted octanol–water partition coefficient (Wildman–Crippen LogP) is 2.43. The van der Waals surface area contributed by atoms with Gasteiger partial charge in [-0.3, -0.25) is 4.40 Å². The Kier molecular flexibility index (Phi) is 3.56.